The van der Waals surface area contributed by atoms with Gasteiger partial charge in [-0.15, -0.1) is 0 Å². The van der Waals surface area contributed by atoms with Gasteiger partial charge in [0, 0.05) is 19.7 Å². The Morgan fingerprint density at radius 3 is 2.79 bits per heavy atom. The number of allylic oxidation sites excluding steroid dienone is 4. The summed E-state index contributed by atoms with van der Waals surface area (Å²) in [6, 6.07) is 0.243. The molecule has 0 saturated carbocycles. The zero-order valence-corrected chi connectivity index (χ0v) is 12.0. The quantitative estimate of drug-likeness (QED) is 0.569. The van der Waals surface area contributed by atoms with Crippen molar-refractivity contribution < 1.29 is 13.9 Å². The standard InChI is InChI=1S/C15H24FNO2/c1-5-6-11(2)15(12(3)16)19-10-14-7-13(8-17-14)9-18-4/h5-6,13-14,17H,3,7-10H2,1-2,4H3/b6-5-,15-11+. The third-order valence-corrected chi connectivity index (χ3v) is 3.17. The van der Waals surface area contributed by atoms with E-state index in [1.54, 1.807) is 7.11 Å². The van der Waals surface area contributed by atoms with E-state index in [2.05, 4.69) is 11.9 Å². The van der Waals surface area contributed by atoms with Gasteiger partial charge in [-0.25, -0.2) is 4.39 Å². The predicted octanol–water partition coefficient (Wildman–Crippen LogP) is 2.96. The minimum atomic E-state index is -0.526. The molecule has 0 bridgehead atoms. The highest BCUT2D eigenvalue weighted by Gasteiger charge is 2.24. The number of rotatable bonds is 7. The normalized spacial score (nSPS) is 24.6. The second kappa shape index (κ2) is 8.12. The molecule has 0 aliphatic carbocycles. The molecule has 4 heteroatoms. The Balaban J connectivity index is 2.50. The lowest BCUT2D eigenvalue weighted by Crippen LogP contribution is -2.26. The van der Waals surface area contributed by atoms with Crippen LogP contribution in [0.4, 0.5) is 4.39 Å². The molecule has 1 aliphatic heterocycles. The summed E-state index contributed by atoms with van der Waals surface area (Å²) in [4.78, 5) is 0. The Bertz CT molecular complexity index is 363. The minimum absolute atomic E-state index is 0.243. The van der Waals surface area contributed by atoms with E-state index in [0.29, 0.717) is 12.5 Å². The van der Waals surface area contributed by atoms with Crippen LogP contribution in [0.2, 0.25) is 0 Å². The van der Waals surface area contributed by atoms with Crippen molar-refractivity contribution in [2.45, 2.75) is 26.3 Å². The molecule has 1 heterocycles. The average Bonchev–Trinajstić information content (AvgIpc) is 2.77. The maximum Gasteiger partial charge on any atom is 0.158 e. The molecule has 108 valence electrons. The molecule has 1 saturated heterocycles. The number of hydrogen-bond acceptors (Lipinski definition) is 3. The Hall–Kier alpha value is -1.13. The molecule has 0 spiro atoms. The fourth-order valence-electron chi connectivity index (χ4n) is 2.31. The highest BCUT2D eigenvalue weighted by molar-refractivity contribution is 5.29. The third-order valence-electron chi connectivity index (χ3n) is 3.17. The first-order valence-electron chi connectivity index (χ1n) is 6.62. The van der Waals surface area contributed by atoms with E-state index in [0.717, 1.165) is 25.1 Å². The number of nitrogens with one attached hydrogen (secondary N) is 1. The summed E-state index contributed by atoms with van der Waals surface area (Å²) >= 11 is 0. The van der Waals surface area contributed by atoms with E-state index in [9.17, 15) is 4.39 Å². The molecule has 1 aliphatic rings. The Morgan fingerprint density at radius 2 is 2.21 bits per heavy atom. The van der Waals surface area contributed by atoms with Gasteiger partial charge in [-0.2, -0.15) is 0 Å². The van der Waals surface area contributed by atoms with Gasteiger partial charge in [0.1, 0.15) is 6.61 Å². The van der Waals surface area contributed by atoms with Crippen LogP contribution in [-0.2, 0) is 9.47 Å². The topological polar surface area (TPSA) is 30.5 Å². The zero-order chi connectivity index (χ0) is 14.3. The van der Waals surface area contributed by atoms with Crippen molar-refractivity contribution in [3.05, 3.63) is 35.9 Å². The van der Waals surface area contributed by atoms with E-state index in [4.69, 9.17) is 9.47 Å². The van der Waals surface area contributed by atoms with Gasteiger partial charge in [-0.05, 0) is 31.8 Å². The SMILES string of the molecule is C=C(F)/C(OCC1CC(COC)CN1)=C(C)\C=C/C. The largest absolute Gasteiger partial charge is 0.489 e. The summed E-state index contributed by atoms with van der Waals surface area (Å²) in [6.07, 6.45) is 4.66. The van der Waals surface area contributed by atoms with Gasteiger partial charge < -0.3 is 14.8 Å². The number of methoxy groups -OCH3 is 1. The number of ether oxygens (including phenoxy) is 2. The Morgan fingerprint density at radius 1 is 1.47 bits per heavy atom. The fraction of sp³-hybridized carbons (Fsp3) is 0.600. The van der Waals surface area contributed by atoms with Gasteiger partial charge in [0.15, 0.2) is 11.6 Å². The van der Waals surface area contributed by atoms with Gasteiger partial charge in [0.05, 0.1) is 6.61 Å². The molecular weight excluding hydrogens is 245 g/mol. The average molecular weight is 269 g/mol. The van der Waals surface area contributed by atoms with Gasteiger partial charge in [0.2, 0.25) is 0 Å². The molecule has 2 atom stereocenters. The van der Waals surface area contributed by atoms with Crippen LogP contribution in [0.1, 0.15) is 20.3 Å². The smallest absolute Gasteiger partial charge is 0.158 e. The Labute approximate surface area is 115 Å². The summed E-state index contributed by atoms with van der Waals surface area (Å²) in [5, 5.41) is 3.36. The van der Waals surface area contributed by atoms with Gasteiger partial charge in [-0.3, -0.25) is 0 Å². The van der Waals surface area contributed by atoms with Gasteiger partial charge in [-0.1, -0.05) is 18.7 Å². The van der Waals surface area contributed by atoms with E-state index in [1.807, 2.05) is 26.0 Å². The van der Waals surface area contributed by atoms with Crippen molar-refractivity contribution >= 4 is 0 Å². The molecule has 0 aromatic carbocycles. The van der Waals surface area contributed by atoms with E-state index < -0.39 is 5.83 Å². The maximum atomic E-state index is 13.4. The van der Waals surface area contributed by atoms with E-state index in [-0.39, 0.29) is 11.8 Å². The first-order chi connectivity index (χ1) is 9.08. The summed E-state index contributed by atoms with van der Waals surface area (Å²) in [5.41, 5.74) is 0.751. The number of hydrogen-bond donors (Lipinski definition) is 1. The molecular formula is C15H24FNO2. The lowest BCUT2D eigenvalue weighted by atomic mass is 10.1. The summed E-state index contributed by atoms with van der Waals surface area (Å²) < 4.78 is 24.1. The predicted molar refractivity (Wildman–Crippen MR) is 75.5 cm³/mol. The molecule has 1 fully saturated rings. The van der Waals surface area contributed by atoms with Crippen LogP contribution in [0, 0.1) is 5.92 Å². The summed E-state index contributed by atoms with van der Waals surface area (Å²) in [7, 11) is 1.71. The van der Waals surface area contributed by atoms with Crippen molar-refractivity contribution in [1.29, 1.82) is 0 Å². The zero-order valence-electron chi connectivity index (χ0n) is 12.0. The lowest BCUT2D eigenvalue weighted by Gasteiger charge is -2.15. The van der Waals surface area contributed by atoms with Crippen LogP contribution in [0.15, 0.2) is 35.9 Å². The van der Waals surface area contributed by atoms with Crippen LogP contribution in [-0.4, -0.2) is 32.9 Å². The number of halogens is 1. The molecule has 0 radical (unpaired) electrons. The fourth-order valence-corrected chi connectivity index (χ4v) is 2.31. The minimum Gasteiger partial charge on any atom is -0.489 e. The first kappa shape index (κ1) is 15.9. The van der Waals surface area contributed by atoms with E-state index in [1.165, 1.54) is 0 Å². The molecule has 3 nitrogen and oxygen atoms in total. The monoisotopic (exact) mass is 269 g/mol. The second-order valence-corrected chi connectivity index (χ2v) is 4.89. The van der Waals surface area contributed by atoms with Crippen molar-refractivity contribution in [3.8, 4) is 0 Å². The lowest BCUT2D eigenvalue weighted by molar-refractivity contribution is 0.152. The molecule has 1 rings (SSSR count). The van der Waals surface area contributed by atoms with Crippen LogP contribution in [0.25, 0.3) is 0 Å². The maximum absolute atomic E-state index is 13.4. The van der Waals surface area contributed by atoms with Gasteiger partial charge >= 0.3 is 0 Å². The Kier molecular flexibility index (Phi) is 6.81. The van der Waals surface area contributed by atoms with Crippen molar-refractivity contribution in [2.75, 3.05) is 26.9 Å². The second-order valence-electron chi connectivity index (χ2n) is 4.89. The molecule has 1 N–H and O–H groups in total. The van der Waals surface area contributed by atoms with Gasteiger partial charge in [0.25, 0.3) is 0 Å². The van der Waals surface area contributed by atoms with Crippen molar-refractivity contribution in [1.82, 2.24) is 5.32 Å². The highest BCUT2D eigenvalue weighted by atomic mass is 19.1. The first-order valence-corrected chi connectivity index (χ1v) is 6.62. The van der Waals surface area contributed by atoms with Crippen LogP contribution in [0.5, 0.6) is 0 Å². The van der Waals surface area contributed by atoms with Crippen LogP contribution >= 0.6 is 0 Å². The summed E-state index contributed by atoms with van der Waals surface area (Å²) in [6.45, 7) is 9.15. The molecule has 0 aromatic rings. The van der Waals surface area contributed by atoms with Crippen LogP contribution in [0.3, 0.4) is 0 Å². The van der Waals surface area contributed by atoms with Crippen LogP contribution < -0.4 is 5.32 Å². The molecule has 0 amide bonds. The molecule has 19 heavy (non-hydrogen) atoms. The molecule has 2 unspecified atom stereocenters. The van der Waals surface area contributed by atoms with Crippen molar-refractivity contribution in [3.63, 3.8) is 0 Å². The molecule has 0 aromatic heterocycles. The van der Waals surface area contributed by atoms with Crippen molar-refractivity contribution in [2.24, 2.45) is 5.92 Å². The highest BCUT2D eigenvalue weighted by Crippen LogP contribution is 2.20. The summed E-state index contributed by atoms with van der Waals surface area (Å²) in [5.74, 6) is 0.230. The third kappa shape index (κ3) is 5.17. The van der Waals surface area contributed by atoms with E-state index >= 15 is 0 Å².